The van der Waals surface area contributed by atoms with Gasteiger partial charge >= 0.3 is 0 Å². The highest BCUT2D eigenvalue weighted by Crippen LogP contribution is 2.30. The molecule has 0 spiro atoms. The molecule has 2 heterocycles. The number of hydrogen-bond donors (Lipinski definition) is 1. The van der Waals surface area contributed by atoms with Crippen molar-refractivity contribution in [2.75, 3.05) is 20.1 Å². The second-order valence-electron chi connectivity index (χ2n) is 7.44. The van der Waals surface area contributed by atoms with Crippen LogP contribution in [0.5, 0.6) is 0 Å². The number of carbonyl (C=O) groups excluding carboxylic acids is 2. The Labute approximate surface area is 155 Å². The molecular formula is C19H29N5O2. The van der Waals surface area contributed by atoms with Gasteiger partial charge in [0.25, 0.3) is 0 Å². The molecule has 3 rings (SSSR count). The third-order valence-corrected chi connectivity index (χ3v) is 5.51. The van der Waals surface area contributed by atoms with E-state index in [1.807, 2.05) is 11.9 Å². The van der Waals surface area contributed by atoms with E-state index in [1.54, 1.807) is 19.3 Å². The van der Waals surface area contributed by atoms with Gasteiger partial charge in [0.1, 0.15) is 0 Å². The molecule has 0 radical (unpaired) electrons. The number of hydrogen-bond acceptors (Lipinski definition) is 5. The summed E-state index contributed by atoms with van der Waals surface area (Å²) in [6.45, 7) is 3.15. The Morgan fingerprint density at radius 2 is 2.00 bits per heavy atom. The molecule has 1 aliphatic carbocycles. The second-order valence-corrected chi connectivity index (χ2v) is 7.44. The van der Waals surface area contributed by atoms with Crippen LogP contribution < -0.4 is 5.32 Å². The first-order valence-electron chi connectivity index (χ1n) is 9.59. The fraction of sp³-hybridized carbons (Fsp3) is 0.684. The van der Waals surface area contributed by atoms with Gasteiger partial charge in [0, 0.05) is 19.5 Å². The van der Waals surface area contributed by atoms with Gasteiger partial charge < -0.3 is 10.2 Å². The molecule has 1 saturated heterocycles. The van der Waals surface area contributed by atoms with Crippen LogP contribution in [0.4, 0.5) is 0 Å². The van der Waals surface area contributed by atoms with Gasteiger partial charge in [-0.2, -0.15) is 0 Å². The van der Waals surface area contributed by atoms with Gasteiger partial charge in [-0.05, 0) is 32.7 Å². The third-order valence-electron chi connectivity index (χ3n) is 5.51. The van der Waals surface area contributed by atoms with E-state index in [0.717, 1.165) is 30.8 Å². The second kappa shape index (κ2) is 8.58. The molecule has 1 saturated carbocycles. The average Bonchev–Trinajstić information content (AvgIpc) is 3.31. The number of nitrogens with zero attached hydrogens (tertiary/aromatic N) is 4. The molecule has 2 fully saturated rings. The van der Waals surface area contributed by atoms with E-state index < -0.39 is 0 Å². The highest BCUT2D eigenvalue weighted by Gasteiger charge is 2.29. The number of carbonyl (C=O) groups is 2. The lowest BCUT2D eigenvalue weighted by Crippen LogP contribution is -2.39. The van der Waals surface area contributed by atoms with Crippen molar-refractivity contribution in [3.05, 3.63) is 23.8 Å². The SMILES string of the molecule is CC(=O)N1CCC[C@H]1c1cncc(CNC(=O)CN(C)C2CCCC2)n1. The summed E-state index contributed by atoms with van der Waals surface area (Å²) in [6.07, 6.45) is 10.2. The lowest BCUT2D eigenvalue weighted by atomic mass is 10.1. The predicted octanol–water partition coefficient (Wildman–Crippen LogP) is 1.65. The summed E-state index contributed by atoms with van der Waals surface area (Å²) in [5, 5.41) is 2.94. The number of aromatic nitrogens is 2. The van der Waals surface area contributed by atoms with Crippen molar-refractivity contribution in [3.63, 3.8) is 0 Å². The molecule has 0 aromatic carbocycles. The number of likely N-dealkylation sites (tertiary alicyclic amines) is 1. The van der Waals surface area contributed by atoms with Crippen LogP contribution in [0.2, 0.25) is 0 Å². The Morgan fingerprint density at radius 1 is 1.23 bits per heavy atom. The van der Waals surface area contributed by atoms with Gasteiger partial charge in [0.15, 0.2) is 0 Å². The van der Waals surface area contributed by atoms with Crippen LogP contribution in [-0.2, 0) is 16.1 Å². The molecule has 1 N–H and O–H groups in total. The Kier molecular flexibility index (Phi) is 6.19. The molecule has 0 bridgehead atoms. The summed E-state index contributed by atoms with van der Waals surface area (Å²) >= 11 is 0. The molecule has 1 aromatic rings. The van der Waals surface area contributed by atoms with Crippen molar-refractivity contribution >= 4 is 11.8 Å². The minimum atomic E-state index is 0.00384. The van der Waals surface area contributed by atoms with Crippen LogP contribution in [0.3, 0.4) is 0 Å². The lowest BCUT2D eigenvalue weighted by molar-refractivity contribution is -0.129. The number of amides is 2. The summed E-state index contributed by atoms with van der Waals surface area (Å²) < 4.78 is 0. The first-order valence-corrected chi connectivity index (χ1v) is 9.59. The molecule has 142 valence electrons. The van der Waals surface area contributed by atoms with Crippen molar-refractivity contribution in [2.45, 2.75) is 64.1 Å². The molecule has 1 aromatic heterocycles. The van der Waals surface area contributed by atoms with Crippen molar-refractivity contribution in [3.8, 4) is 0 Å². The van der Waals surface area contributed by atoms with E-state index >= 15 is 0 Å². The smallest absolute Gasteiger partial charge is 0.234 e. The van der Waals surface area contributed by atoms with E-state index in [0.29, 0.717) is 19.1 Å². The van der Waals surface area contributed by atoms with Gasteiger partial charge in [-0.15, -0.1) is 0 Å². The average molecular weight is 359 g/mol. The van der Waals surface area contributed by atoms with Gasteiger partial charge in [-0.25, -0.2) is 0 Å². The molecule has 7 nitrogen and oxygen atoms in total. The summed E-state index contributed by atoms with van der Waals surface area (Å²) in [6, 6.07) is 0.535. The summed E-state index contributed by atoms with van der Waals surface area (Å²) in [7, 11) is 2.02. The monoisotopic (exact) mass is 359 g/mol. The maximum atomic E-state index is 12.2. The zero-order chi connectivity index (χ0) is 18.5. The number of nitrogens with one attached hydrogen (secondary N) is 1. The zero-order valence-electron chi connectivity index (χ0n) is 15.8. The topological polar surface area (TPSA) is 78.4 Å². The summed E-state index contributed by atoms with van der Waals surface area (Å²) in [5.74, 6) is 0.0841. The number of rotatable bonds is 6. The maximum absolute atomic E-state index is 12.2. The van der Waals surface area contributed by atoms with Crippen molar-refractivity contribution in [1.82, 2.24) is 25.1 Å². The molecular weight excluding hydrogens is 330 g/mol. The van der Waals surface area contributed by atoms with Crippen molar-refractivity contribution < 1.29 is 9.59 Å². The molecule has 2 aliphatic rings. The van der Waals surface area contributed by atoms with Crippen molar-refractivity contribution in [1.29, 1.82) is 0 Å². The maximum Gasteiger partial charge on any atom is 0.234 e. The van der Waals surface area contributed by atoms with E-state index in [-0.39, 0.29) is 17.9 Å². The van der Waals surface area contributed by atoms with Crippen LogP contribution in [0.15, 0.2) is 12.4 Å². The quantitative estimate of drug-likeness (QED) is 0.836. The predicted molar refractivity (Wildman–Crippen MR) is 98.1 cm³/mol. The highest BCUT2D eigenvalue weighted by atomic mass is 16.2. The third kappa shape index (κ3) is 4.58. The first-order chi connectivity index (χ1) is 12.5. The van der Waals surface area contributed by atoms with E-state index in [4.69, 9.17) is 0 Å². The number of likely N-dealkylation sites (N-methyl/N-ethyl adjacent to an activating group) is 1. The van der Waals surface area contributed by atoms with Crippen LogP contribution in [0.25, 0.3) is 0 Å². The van der Waals surface area contributed by atoms with Gasteiger partial charge in [0.2, 0.25) is 11.8 Å². The Balaban J connectivity index is 1.53. The van der Waals surface area contributed by atoms with Crippen LogP contribution in [0.1, 0.15) is 62.9 Å². The molecule has 2 amide bonds. The molecule has 26 heavy (non-hydrogen) atoms. The Bertz CT molecular complexity index is 645. The first kappa shape index (κ1) is 18.8. The highest BCUT2D eigenvalue weighted by molar-refractivity contribution is 5.78. The van der Waals surface area contributed by atoms with E-state index in [1.165, 1.54) is 25.7 Å². The van der Waals surface area contributed by atoms with E-state index in [9.17, 15) is 9.59 Å². The minimum absolute atomic E-state index is 0.00384. The van der Waals surface area contributed by atoms with Gasteiger partial charge in [-0.3, -0.25) is 24.5 Å². The fourth-order valence-electron chi connectivity index (χ4n) is 4.07. The molecule has 7 heteroatoms. The van der Waals surface area contributed by atoms with Crippen LogP contribution in [0, 0.1) is 0 Å². The normalized spacial score (nSPS) is 20.7. The largest absolute Gasteiger partial charge is 0.349 e. The molecule has 0 unspecified atom stereocenters. The molecule has 1 atom stereocenters. The fourth-order valence-corrected chi connectivity index (χ4v) is 4.07. The molecule has 1 aliphatic heterocycles. The summed E-state index contributed by atoms with van der Waals surface area (Å²) in [4.78, 5) is 36.9. The minimum Gasteiger partial charge on any atom is -0.349 e. The van der Waals surface area contributed by atoms with Gasteiger partial charge in [0.05, 0.1) is 42.9 Å². The van der Waals surface area contributed by atoms with Gasteiger partial charge in [-0.1, -0.05) is 12.8 Å². The standard InChI is InChI=1S/C19H29N5O2/c1-14(25)24-9-5-8-18(24)17-12-20-10-15(22-17)11-21-19(26)13-23(2)16-6-3-4-7-16/h10,12,16,18H,3-9,11,13H2,1-2H3,(H,21,26)/t18-/m0/s1. The summed E-state index contributed by atoms with van der Waals surface area (Å²) in [5.41, 5.74) is 1.54. The van der Waals surface area contributed by atoms with Crippen LogP contribution >= 0.6 is 0 Å². The van der Waals surface area contributed by atoms with E-state index in [2.05, 4.69) is 20.2 Å². The zero-order valence-corrected chi connectivity index (χ0v) is 15.8. The van der Waals surface area contributed by atoms with Crippen LogP contribution in [-0.4, -0.2) is 57.8 Å². The Morgan fingerprint density at radius 3 is 2.73 bits per heavy atom. The Hall–Kier alpha value is -2.02. The van der Waals surface area contributed by atoms with Crippen molar-refractivity contribution in [2.24, 2.45) is 0 Å². The lowest BCUT2D eigenvalue weighted by Gasteiger charge is -2.23.